The molecule has 0 unspecified atom stereocenters. The first-order chi connectivity index (χ1) is 11.0. The van der Waals surface area contributed by atoms with Gasteiger partial charge in [0, 0.05) is 36.5 Å². The van der Waals surface area contributed by atoms with Gasteiger partial charge >= 0.3 is 0 Å². The molecule has 2 aliphatic heterocycles. The zero-order valence-corrected chi connectivity index (χ0v) is 13.1. The van der Waals surface area contributed by atoms with E-state index in [1.807, 2.05) is 0 Å². The SMILES string of the molecule is O=C1NC(=O)C(=Cc2cc([N+](=O)[O-])ccc2N2CCCCC2)S1. The van der Waals surface area contributed by atoms with E-state index in [1.165, 1.54) is 18.6 Å². The summed E-state index contributed by atoms with van der Waals surface area (Å²) in [6, 6.07) is 4.64. The molecule has 2 aliphatic rings. The van der Waals surface area contributed by atoms with Crippen LogP contribution in [0.15, 0.2) is 23.1 Å². The van der Waals surface area contributed by atoms with Crippen molar-refractivity contribution in [1.82, 2.24) is 5.32 Å². The number of rotatable bonds is 3. The zero-order chi connectivity index (χ0) is 16.4. The summed E-state index contributed by atoms with van der Waals surface area (Å²) in [4.78, 5) is 36.0. The highest BCUT2D eigenvalue weighted by Crippen LogP contribution is 2.33. The number of nitrogens with one attached hydrogen (secondary N) is 1. The Morgan fingerprint density at radius 3 is 2.57 bits per heavy atom. The Morgan fingerprint density at radius 1 is 1.22 bits per heavy atom. The van der Waals surface area contributed by atoms with Crippen molar-refractivity contribution in [3.63, 3.8) is 0 Å². The Balaban J connectivity index is 2.02. The van der Waals surface area contributed by atoms with Crippen molar-refractivity contribution >= 4 is 40.4 Å². The number of nitro benzene ring substituents is 1. The Morgan fingerprint density at radius 2 is 1.96 bits per heavy atom. The molecule has 0 atom stereocenters. The summed E-state index contributed by atoms with van der Waals surface area (Å²) < 4.78 is 0. The van der Waals surface area contributed by atoms with Crippen molar-refractivity contribution in [1.29, 1.82) is 0 Å². The van der Waals surface area contributed by atoms with Crippen LogP contribution in [0.1, 0.15) is 24.8 Å². The Hall–Kier alpha value is -2.35. The van der Waals surface area contributed by atoms with Gasteiger partial charge in [0.05, 0.1) is 9.83 Å². The molecule has 3 rings (SSSR count). The highest BCUT2D eigenvalue weighted by molar-refractivity contribution is 8.18. The van der Waals surface area contributed by atoms with Gasteiger partial charge in [-0.25, -0.2) is 0 Å². The lowest BCUT2D eigenvalue weighted by Crippen LogP contribution is -2.30. The standard InChI is InChI=1S/C15H15N3O4S/c19-14-13(23-15(20)16-14)9-10-8-11(18(21)22)4-5-12(10)17-6-2-1-3-7-17/h4-5,8-9H,1-3,6-7H2,(H,16,19,20). The number of imide groups is 1. The molecule has 1 aromatic carbocycles. The van der Waals surface area contributed by atoms with E-state index in [2.05, 4.69) is 10.2 Å². The van der Waals surface area contributed by atoms with Crippen LogP contribution in [0.5, 0.6) is 0 Å². The van der Waals surface area contributed by atoms with Gasteiger partial charge in [-0.05, 0) is 43.2 Å². The average Bonchev–Trinajstić information content (AvgIpc) is 2.85. The first kappa shape index (κ1) is 15.5. The summed E-state index contributed by atoms with van der Waals surface area (Å²) in [5.74, 6) is -0.462. The van der Waals surface area contributed by atoms with Crippen LogP contribution < -0.4 is 10.2 Å². The summed E-state index contributed by atoms with van der Waals surface area (Å²) in [7, 11) is 0. The second-order valence-corrected chi connectivity index (χ2v) is 6.41. The van der Waals surface area contributed by atoms with Crippen molar-refractivity contribution in [3.05, 3.63) is 38.8 Å². The maximum absolute atomic E-state index is 11.7. The largest absolute Gasteiger partial charge is 0.371 e. The van der Waals surface area contributed by atoms with Crippen LogP contribution in [0.25, 0.3) is 6.08 Å². The maximum atomic E-state index is 11.7. The third-order valence-corrected chi connectivity index (χ3v) is 4.66. The molecule has 2 fully saturated rings. The number of non-ortho nitro benzene ring substituents is 1. The normalized spacial score (nSPS) is 20.0. The summed E-state index contributed by atoms with van der Waals surface area (Å²) >= 11 is 0.811. The third-order valence-electron chi connectivity index (χ3n) is 3.85. The molecule has 23 heavy (non-hydrogen) atoms. The summed E-state index contributed by atoms with van der Waals surface area (Å²) in [5, 5.41) is 12.8. The van der Waals surface area contributed by atoms with Gasteiger partial charge in [0.25, 0.3) is 16.8 Å². The molecular formula is C15H15N3O4S. The van der Waals surface area contributed by atoms with Crippen molar-refractivity contribution in [3.8, 4) is 0 Å². The Labute approximate surface area is 136 Å². The van der Waals surface area contributed by atoms with Crippen LogP contribution in [0.4, 0.5) is 16.2 Å². The predicted molar refractivity (Wildman–Crippen MR) is 88.3 cm³/mol. The number of carbonyl (C=O) groups excluding carboxylic acids is 2. The number of amides is 2. The Kier molecular flexibility index (Phi) is 4.33. The van der Waals surface area contributed by atoms with Gasteiger partial charge in [-0.15, -0.1) is 0 Å². The van der Waals surface area contributed by atoms with E-state index in [9.17, 15) is 19.7 Å². The molecule has 7 nitrogen and oxygen atoms in total. The predicted octanol–water partition coefficient (Wildman–Crippen LogP) is 2.91. The Bertz CT molecular complexity index is 711. The van der Waals surface area contributed by atoms with Crippen molar-refractivity contribution in [2.24, 2.45) is 0 Å². The minimum Gasteiger partial charge on any atom is -0.371 e. The smallest absolute Gasteiger partial charge is 0.290 e. The summed E-state index contributed by atoms with van der Waals surface area (Å²) in [5.41, 5.74) is 1.41. The fraction of sp³-hybridized carbons (Fsp3) is 0.333. The molecule has 8 heteroatoms. The molecule has 1 N–H and O–H groups in total. The first-order valence-electron chi connectivity index (χ1n) is 7.33. The monoisotopic (exact) mass is 333 g/mol. The second-order valence-electron chi connectivity index (χ2n) is 5.40. The topological polar surface area (TPSA) is 92.5 Å². The molecule has 2 heterocycles. The van der Waals surface area contributed by atoms with Crippen LogP contribution in [-0.4, -0.2) is 29.2 Å². The van der Waals surface area contributed by atoms with E-state index < -0.39 is 16.1 Å². The lowest BCUT2D eigenvalue weighted by molar-refractivity contribution is -0.384. The number of nitrogens with zero attached hydrogens (tertiary/aromatic N) is 2. The first-order valence-corrected chi connectivity index (χ1v) is 8.14. The number of anilines is 1. The molecule has 2 amide bonds. The number of hydrogen-bond acceptors (Lipinski definition) is 6. The highest BCUT2D eigenvalue weighted by atomic mass is 32.2. The van der Waals surface area contributed by atoms with Gasteiger partial charge in [0.1, 0.15) is 0 Å². The molecule has 120 valence electrons. The van der Waals surface area contributed by atoms with Gasteiger partial charge in [-0.1, -0.05) is 0 Å². The van der Waals surface area contributed by atoms with Crippen molar-refractivity contribution < 1.29 is 14.5 Å². The van der Waals surface area contributed by atoms with Gasteiger partial charge in [-0.2, -0.15) is 0 Å². The lowest BCUT2D eigenvalue weighted by atomic mass is 10.1. The van der Waals surface area contributed by atoms with Crippen LogP contribution in [0.2, 0.25) is 0 Å². The number of carbonyl (C=O) groups is 2. The van der Waals surface area contributed by atoms with Crippen LogP contribution >= 0.6 is 11.8 Å². The average molecular weight is 333 g/mol. The number of piperidine rings is 1. The number of benzene rings is 1. The van der Waals surface area contributed by atoms with Gasteiger partial charge in [0.2, 0.25) is 0 Å². The molecule has 1 aromatic rings. The number of thioether (sulfide) groups is 1. The number of hydrogen-bond donors (Lipinski definition) is 1. The molecular weight excluding hydrogens is 318 g/mol. The molecule has 0 bridgehead atoms. The quantitative estimate of drug-likeness (QED) is 0.519. The molecule has 0 aromatic heterocycles. The minimum absolute atomic E-state index is 0.0349. The van der Waals surface area contributed by atoms with Crippen LogP contribution in [-0.2, 0) is 4.79 Å². The van der Waals surface area contributed by atoms with Crippen LogP contribution in [0.3, 0.4) is 0 Å². The zero-order valence-electron chi connectivity index (χ0n) is 12.3. The molecule has 0 saturated carbocycles. The van der Waals surface area contributed by atoms with E-state index in [1.54, 1.807) is 12.1 Å². The summed E-state index contributed by atoms with van der Waals surface area (Å²) in [6.07, 6.45) is 4.87. The van der Waals surface area contributed by atoms with E-state index in [0.717, 1.165) is 43.4 Å². The fourth-order valence-electron chi connectivity index (χ4n) is 2.76. The lowest BCUT2D eigenvalue weighted by Gasteiger charge is -2.30. The number of nitro groups is 1. The van der Waals surface area contributed by atoms with Gasteiger partial charge in [0.15, 0.2) is 0 Å². The highest BCUT2D eigenvalue weighted by Gasteiger charge is 2.26. The third kappa shape index (κ3) is 3.37. The molecule has 0 spiro atoms. The minimum atomic E-state index is -0.463. The van der Waals surface area contributed by atoms with E-state index >= 15 is 0 Å². The van der Waals surface area contributed by atoms with Crippen molar-refractivity contribution in [2.45, 2.75) is 19.3 Å². The van der Waals surface area contributed by atoms with Gasteiger partial charge in [-0.3, -0.25) is 25.0 Å². The van der Waals surface area contributed by atoms with E-state index in [-0.39, 0.29) is 10.6 Å². The van der Waals surface area contributed by atoms with E-state index in [0.29, 0.717) is 5.56 Å². The maximum Gasteiger partial charge on any atom is 0.290 e. The van der Waals surface area contributed by atoms with Crippen LogP contribution in [0, 0.1) is 10.1 Å². The molecule has 2 saturated heterocycles. The molecule has 0 aliphatic carbocycles. The fourth-order valence-corrected chi connectivity index (χ4v) is 3.43. The molecule has 0 radical (unpaired) electrons. The van der Waals surface area contributed by atoms with Gasteiger partial charge < -0.3 is 4.90 Å². The second kappa shape index (κ2) is 6.41. The van der Waals surface area contributed by atoms with Crippen molar-refractivity contribution in [2.75, 3.05) is 18.0 Å². The summed E-state index contributed by atoms with van der Waals surface area (Å²) in [6.45, 7) is 1.76. The van der Waals surface area contributed by atoms with E-state index in [4.69, 9.17) is 0 Å².